The van der Waals surface area contributed by atoms with E-state index in [0.29, 0.717) is 0 Å². The molecule has 0 N–H and O–H groups in total. The van der Waals surface area contributed by atoms with E-state index in [1.165, 1.54) is 43.8 Å². The average Bonchev–Trinajstić information content (AvgIpc) is 3.28. The number of furan rings is 1. The van der Waals surface area contributed by atoms with Gasteiger partial charge >= 0.3 is 0 Å². The van der Waals surface area contributed by atoms with Crippen molar-refractivity contribution in [3.05, 3.63) is 90.5 Å². The lowest BCUT2D eigenvalue weighted by molar-refractivity contribution is 0.573. The van der Waals surface area contributed by atoms with Crippen LogP contribution in [-0.2, 0) is 5.41 Å². The van der Waals surface area contributed by atoms with Crippen molar-refractivity contribution in [2.24, 2.45) is 0 Å². The van der Waals surface area contributed by atoms with Gasteiger partial charge in [0.2, 0.25) is 0 Å². The van der Waals surface area contributed by atoms with Gasteiger partial charge in [-0.25, -0.2) is 0 Å². The van der Waals surface area contributed by atoms with Gasteiger partial charge in [0.1, 0.15) is 11.2 Å². The molecule has 0 unspecified atom stereocenters. The van der Waals surface area contributed by atoms with Gasteiger partial charge in [-0.3, -0.25) is 0 Å². The minimum absolute atomic E-state index is 0.0184. The summed E-state index contributed by atoms with van der Waals surface area (Å²) in [4.78, 5) is 0. The van der Waals surface area contributed by atoms with E-state index in [9.17, 15) is 0 Å². The van der Waals surface area contributed by atoms with Crippen LogP contribution in [0, 0.1) is 0 Å². The maximum Gasteiger partial charge on any atom is 0.139 e. The van der Waals surface area contributed by atoms with E-state index < -0.39 is 0 Å². The van der Waals surface area contributed by atoms with Crippen molar-refractivity contribution < 1.29 is 4.42 Å². The van der Waals surface area contributed by atoms with Crippen LogP contribution in [0.3, 0.4) is 0 Å². The number of hydrogen-bond acceptors (Lipinski definition) is 1. The second-order valence-corrected chi connectivity index (χ2v) is 9.06. The quantitative estimate of drug-likeness (QED) is 0.279. The number of para-hydroxylation sites is 3. The fraction of sp³-hybridized carbons (Fsp3) is 0.143. The molecule has 2 nitrogen and oxygen atoms in total. The Morgan fingerprint density at radius 3 is 2.17 bits per heavy atom. The Labute approximate surface area is 175 Å². The van der Waals surface area contributed by atoms with E-state index >= 15 is 0 Å². The Bertz CT molecular complexity index is 1560. The molecule has 0 saturated carbocycles. The zero-order valence-electron chi connectivity index (χ0n) is 17.4. The Morgan fingerprint density at radius 1 is 0.633 bits per heavy atom. The number of rotatable bonds is 1. The van der Waals surface area contributed by atoms with E-state index in [-0.39, 0.29) is 5.41 Å². The zero-order valence-corrected chi connectivity index (χ0v) is 17.4. The third-order valence-corrected chi connectivity index (χ3v) is 6.12. The van der Waals surface area contributed by atoms with Gasteiger partial charge in [0, 0.05) is 32.8 Å². The van der Waals surface area contributed by atoms with Crippen molar-refractivity contribution in [3.8, 4) is 5.69 Å². The second-order valence-electron chi connectivity index (χ2n) is 9.06. The monoisotopic (exact) mass is 389 g/mol. The average molecular weight is 389 g/mol. The highest BCUT2D eigenvalue weighted by Crippen LogP contribution is 2.43. The molecule has 30 heavy (non-hydrogen) atoms. The molecule has 0 radical (unpaired) electrons. The summed E-state index contributed by atoms with van der Waals surface area (Å²) in [7, 11) is 0. The molecule has 6 rings (SSSR count). The molecule has 0 saturated heterocycles. The maximum atomic E-state index is 6.47. The van der Waals surface area contributed by atoms with E-state index in [4.69, 9.17) is 4.42 Å². The number of fused-ring (bicyclic) bond motifs is 7. The molecule has 0 aliphatic carbocycles. The molecule has 0 aliphatic heterocycles. The number of nitrogens with zero attached hydrogens (tertiary/aromatic N) is 1. The van der Waals surface area contributed by atoms with E-state index in [0.717, 1.165) is 11.2 Å². The molecular weight excluding hydrogens is 366 g/mol. The zero-order chi connectivity index (χ0) is 20.5. The van der Waals surface area contributed by atoms with E-state index in [1.54, 1.807) is 0 Å². The Kier molecular flexibility index (Phi) is 3.47. The number of hydrogen-bond donors (Lipinski definition) is 0. The number of benzene rings is 4. The summed E-state index contributed by atoms with van der Waals surface area (Å²) in [6.45, 7) is 6.73. The summed E-state index contributed by atoms with van der Waals surface area (Å²) in [6.07, 6.45) is 0. The van der Waals surface area contributed by atoms with Crippen LogP contribution in [0.1, 0.15) is 26.3 Å². The van der Waals surface area contributed by atoms with Gasteiger partial charge < -0.3 is 8.98 Å². The molecule has 2 heterocycles. The van der Waals surface area contributed by atoms with Gasteiger partial charge in [-0.2, -0.15) is 0 Å². The van der Waals surface area contributed by atoms with Crippen LogP contribution in [0.5, 0.6) is 0 Å². The van der Waals surface area contributed by atoms with Crippen LogP contribution in [0.25, 0.3) is 49.4 Å². The predicted octanol–water partition coefficient (Wildman–Crippen LogP) is 7.98. The third-order valence-electron chi connectivity index (χ3n) is 6.12. The first-order valence-electron chi connectivity index (χ1n) is 10.5. The first kappa shape index (κ1) is 17.3. The second kappa shape index (κ2) is 5.99. The third kappa shape index (κ3) is 2.31. The van der Waals surface area contributed by atoms with Crippen molar-refractivity contribution in [2.45, 2.75) is 26.2 Å². The van der Waals surface area contributed by atoms with Crippen molar-refractivity contribution in [1.29, 1.82) is 0 Å². The van der Waals surface area contributed by atoms with Crippen molar-refractivity contribution in [1.82, 2.24) is 4.57 Å². The normalized spacial score (nSPS) is 12.5. The minimum atomic E-state index is 0.0184. The largest absolute Gasteiger partial charge is 0.456 e. The fourth-order valence-electron chi connectivity index (χ4n) is 4.79. The molecular formula is C28H23NO. The van der Waals surface area contributed by atoms with Crippen molar-refractivity contribution in [3.63, 3.8) is 0 Å². The van der Waals surface area contributed by atoms with Crippen LogP contribution < -0.4 is 0 Å². The first-order chi connectivity index (χ1) is 14.5. The van der Waals surface area contributed by atoms with Crippen molar-refractivity contribution in [2.75, 3.05) is 0 Å². The molecule has 2 aromatic heterocycles. The first-order valence-corrected chi connectivity index (χ1v) is 10.5. The van der Waals surface area contributed by atoms with Gasteiger partial charge in [0.05, 0.1) is 11.0 Å². The van der Waals surface area contributed by atoms with Crippen molar-refractivity contribution >= 4 is 43.7 Å². The lowest BCUT2D eigenvalue weighted by atomic mass is 9.86. The molecule has 0 fully saturated rings. The lowest BCUT2D eigenvalue weighted by Crippen LogP contribution is -2.10. The highest BCUT2D eigenvalue weighted by Gasteiger charge is 2.23. The SMILES string of the molecule is CC(C)(C)c1cccc2c1oc1ccc3c(c4ccccc4n3-c3ccccc3)c12. The summed E-state index contributed by atoms with van der Waals surface area (Å²) >= 11 is 0. The topological polar surface area (TPSA) is 18.1 Å². The summed E-state index contributed by atoms with van der Waals surface area (Å²) in [5.41, 5.74) is 6.81. The summed E-state index contributed by atoms with van der Waals surface area (Å²) in [5, 5.41) is 4.92. The van der Waals surface area contributed by atoms with E-state index in [1.807, 2.05) is 0 Å². The summed E-state index contributed by atoms with van der Waals surface area (Å²) in [6, 6.07) is 30.1. The van der Waals surface area contributed by atoms with Crippen LogP contribution in [0.4, 0.5) is 0 Å². The molecule has 0 atom stereocenters. The fourth-order valence-corrected chi connectivity index (χ4v) is 4.79. The molecule has 0 spiro atoms. The molecule has 2 heteroatoms. The molecule has 4 aromatic carbocycles. The molecule has 0 aliphatic rings. The van der Waals surface area contributed by atoms with Crippen LogP contribution >= 0.6 is 0 Å². The standard InChI is InChI=1S/C28H23NO/c1-28(2,3)21-14-9-13-20-26-24(30-27(20)21)17-16-23-25(26)19-12-7-8-15-22(19)29(23)18-10-5-4-6-11-18/h4-17H,1-3H3. The molecule has 0 bridgehead atoms. The smallest absolute Gasteiger partial charge is 0.139 e. The lowest BCUT2D eigenvalue weighted by Gasteiger charge is -2.18. The van der Waals surface area contributed by atoms with Crippen LogP contribution in [0.2, 0.25) is 0 Å². The Morgan fingerprint density at radius 2 is 1.37 bits per heavy atom. The van der Waals surface area contributed by atoms with Gasteiger partial charge in [-0.1, -0.05) is 75.4 Å². The Balaban J connectivity index is 1.86. The summed E-state index contributed by atoms with van der Waals surface area (Å²) < 4.78 is 8.83. The van der Waals surface area contributed by atoms with Gasteiger partial charge in [-0.05, 0) is 35.7 Å². The predicted molar refractivity (Wildman–Crippen MR) is 127 cm³/mol. The van der Waals surface area contributed by atoms with E-state index in [2.05, 4.69) is 110 Å². The molecule has 6 aromatic rings. The highest BCUT2D eigenvalue weighted by atomic mass is 16.3. The molecule has 0 amide bonds. The van der Waals surface area contributed by atoms with Gasteiger partial charge in [0.15, 0.2) is 0 Å². The van der Waals surface area contributed by atoms with Crippen LogP contribution in [-0.4, -0.2) is 4.57 Å². The van der Waals surface area contributed by atoms with Crippen LogP contribution in [0.15, 0.2) is 89.3 Å². The number of aromatic nitrogens is 1. The summed E-state index contributed by atoms with van der Waals surface area (Å²) in [5.74, 6) is 0. The maximum absolute atomic E-state index is 6.47. The minimum Gasteiger partial charge on any atom is -0.456 e. The molecule has 146 valence electrons. The Hall–Kier alpha value is -3.52. The van der Waals surface area contributed by atoms with Gasteiger partial charge in [-0.15, -0.1) is 0 Å². The highest BCUT2D eigenvalue weighted by molar-refractivity contribution is 6.27. The van der Waals surface area contributed by atoms with Gasteiger partial charge in [0.25, 0.3) is 0 Å².